The van der Waals surface area contributed by atoms with E-state index in [0.29, 0.717) is 0 Å². The Morgan fingerprint density at radius 3 is 1.43 bits per heavy atom. The topological polar surface area (TPSA) is 49.0 Å². The molecule has 3 aromatic carbocycles. The van der Waals surface area contributed by atoms with E-state index in [9.17, 15) is 0 Å². The van der Waals surface area contributed by atoms with Crippen molar-refractivity contribution in [2.75, 3.05) is 33.8 Å². The summed E-state index contributed by atoms with van der Waals surface area (Å²) in [6.07, 6.45) is 0. The fourth-order valence-corrected chi connectivity index (χ4v) is 2.95. The summed E-state index contributed by atoms with van der Waals surface area (Å²) in [5.74, 6) is 3.19. The van der Waals surface area contributed by atoms with Gasteiger partial charge in [0.15, 0.2) is 0 Å². The number of anilines is 2. The predicted molar refractivity (Wildman–Crippen MR) is 122 cm³/mol. The van der Waals surface area contributed by atoms with Gasteiger partial charge in [-0.05, 0) is 46.9 Å². The number of hydrogen-bond donors (Lipinski definition) is 1. The molecule has 5 nitrogen and oxygen atoms in total. The second kappa shape index (κ2) is 11.3. The lowest BCUT2D eigenvalue weighted by Gasteiger charge is -2.10. The molecule has 3 rings (SSSR count). The molecule has 1 N–H and O–H groups in total. The van der Waals surface area contributed by atoms with Crippen LogP contribution in [0, 0.1) is 3.57 Å². The van der Waals surface area contributed by atoms with Gasteiger partial charge in [0.1, 0.15) is 23.0 Å². The van der Waals surface area contributed by atoms with Crippen molar-refractivity contribution < 1.29 is 18.9 Å². The maximum absolute atomic E-state index is 5.22. The van der Waals surface area contributed by atoms with Crippen molar-refractivity contribution in [1.29, 1.82) is 0 Å². The van der Waals surface area contributed by atoms with E-state index in [0.717, 1.165) is 37.9 Å². The van der Waals surface area contributed by atoms with Crippen molar-refractivity contribution in [3.63, 3.8) is 0 Å². The monoisotopic (exact) mass is 493 g/mol. The molecule has 28 heavy (non-hydrogen) atoms. The highest BCUT2D eigenvalue weighted by atomic mass is 127. The second-order valence-electron chi connectivity index (χ2n) is 5.62. The average Bonchev–Trinajstić information content (AvgIpc) is 2.74. The summed E-state index contributed by atoms with van der Waals surface area (Å²) in [6, 6.07) is 21.4. The molecule has 0 saturated heterocycles. The molecule has 0 aliphatic heterocycles. The van der Waals surface area contributed by atoms with Gasteiger partial charge in [0, 0.05) is 39.2 Å². The van der Waals surface area contributed by atoms with E-state index in [-0.39, 0.29) is 0 Å². The zero-order chi connectivity index (χ0) is 20.4. The molecule has 0 amide bonds. The van der Waals surface area contributed by atoms with Crippen LogP contribution in [0.2, 0.25) is 0 Å². The first-order chi connectivity index (χ1) is 13.6. The quantitative estimate of drug-likeness (QED) is 0.443. The molecule has 0 bridgehead atoms. The second-order valence-corrected chi connectivity index (χ2v) is 6.87. The molecule has 3 aromatic rings. The molecular formula is C22H24INO4. The Labute approximate surface area is 179 Å². The van der Waals surface area contributed by atoms with E-state index in [1.165, 1.54) is 0 Å². The van der Waals surface area contributed by atoms with Gasteiger partial charge < -0.3 is 24.3 Å². The number of halogens is 1. The fourth-order valence-electron chi connectivity index (χ4n) is 2.34. The number of ether oxygens (including phenoxy) is 4. The van der Waals surface area contributed by atoms with Gasteiger partial charge >= 0.3 is 0 Å². The molecule has 0 aliphatic carbocycles. The summed E-state index contributed by atoms with van der Waals surface area (Å²) in [5, 5.41) is 3.29. The fraction of sp³-hybridized carbons (Fsp3) is 0.182. The zero-order valence-corrected chi connectivity index (χ0v) is 18.5. The Balaban J connectivity index is 0.000000221. The maximum atomic E-state index is 5.22. The number of nitrogens with one attached hydrogen (secondary N) is 1. The van der Waals surface area contributed by atoms with Crippen molar-refractivity contribution in [1.82, 2.24) is 0 Å². The van der Waals surface area contributed by atoms with Gasteiger partial charge in [-0.1, -0.05) is 18.2 Å². The van der Waals surface area contributed by atoms with Gasteiger partial charge in [-0.15, -0.1) is 0 Å². The summed E-state index contributed by atoms with van der Waals surface area (Å²) in [5.41, 5.74) is 1.97. The van der Waals surface area contributed by atoms with Crippen molar-refractivity contribution >= 4 is 34.0 Å². The van der Waals surface area contributed by atoms with Crippen LogP contribution in [0.3, 0.4) is 0 Å². The molecule has 0 aliphatic rings. The minimum absolute atomic E-state index is 0.766. The predicted octanol–water partition coefficient (Wildman–Crippen LogP) is 5.76. The normalized spacial score (nSPS) is 9.61. The smallest absolute Gasteiger partial charge is 0.124 e. The molecule has 0 fully saturated rings. The Morgan fingerprint density at radius 2 is 1.00 bits per heavy atom. The van der Waals surface area contributed by atoms with Crippen LogP contribution >= 0.6 is 22.6 Å². The molecule has 0 spiro atoms. The Kier molecular flexibility index (Phi) is 8.74. The molecule has 0 radical (unpaired) electrons. The first-order valence-electron chi connectivity index (χ1n) is 8.51. The first-order valence-corrected chi connectivity index (χ1v) is 9.59. The highest BCUT2D eigenvalue weighted by Crippen LogP contribution is 2.28. The highest BCUT2D eigenvalue weighted by molar-refractivity contribution is 14.1. The third-order valence-electron chi connectivity index (χ3n) is 3.73. The van der Waals surface area contributed by atoms with E-state index >= 15 is 0 Å². The Hall–Kier alpha value is -2.61. The van der Waals surface area contributed by atoms with E-state index in [4.69, 9.17) is 18.9 Å². The van der Waals surface area contributed by atoms with Gasteiger partial charge in [0.05, 0.1) is 28.4 Å². The molecular weight excluding hydrogens is 469 g/mol. The van der Waals surface area contributed by atoms with Crippen LogP contribution in [-0.2, 0) is 0 Å². The van der Waals surface area contributed by atoms with Crippen LogP contribution in [0.1, 0.15) is 0 Å². The molecule has 0 heterocycles. The Morgan fingerprint density at radius 1 is 0.571 bits per heavy atom. The average molecular weight is 493 g/mol. The number of methoxy groups -OCH3 is 4. The SMILES string of the molecule is COc1cc(I)cc(OC)c1.COc1cc(Nc2ccccc2)cc(OC)c1. The summed E-state index contributed by atoms with van der Waals surface area (Å²) in [4.78, 5) is 0. The first kappa shape index (κ1) is 21.7. The molecule has 6 heteroatoms. The number of benzene rings is 3. The minimum atomic E-state index is 0.766. The minimum Gasteiger partial charge on any atom is -0.497 e. The van der Waals surface area contributed by atoms with E-state index in [1.54, 1.807) is 28.4 Å². The van der Waals surface area contributed by atoms with E-state index < -0.39 is 0 Å². The zero-order valence-electron chi connectivity index (χ0n) is 16.4. The van der Waals surface area contributed by atoms with Crippen LogP contribution in [0.25, 0.3) is 0 Å². The number of para-hydroxylation sites is 1. The lowest BCUT2D eigenvalue weighted by molar-refractivity contribution is 0.393. The van der Waals surface area contributed by atoms with E-state index in [1.807, 2.05) is 66.7 Å². The Bertz CT molecular complexity index is 827. The summed E-state index contributed by atoms with van der Waals surface area (Å²) >= 11 is 2.22. The van der Waals surface area contributed by atoms with Gasteiger partial charge in [-0.2, -0.15) is 0 Å². The molecule has 0 saturated carbocycles. The van der Waals surface area contributed by atoms with Crippen molar-refractivity contribution in [2.24, 2.45) is 0 Å². The van der Waals surface area contributed by atoms with Crippen LogP contribution in [0.5, 0.6) is 23.0 Å². The van der Waals surface area contributed by atoms with Gasteiger partial charge in [-0.25, -0.2) is 0 Å². The standard InChI is InChI=1S/C14H15NO2.C8H9IO2/c1-16-13-8-12(9-14(10-13)17-2)15-11-6-4-3-5-7-11;1-10-7-3-6(9)4-8(5-7)11-2/h3-10,15H,1-2H3;3-5H,1-2H3. The summed E-state index contributed by atoms with van der Waals surface area (Å²) in [6.45, 7) is 0. The van der Waals surface area contributed by atoms with Gasteiger partial charge in [-0.3, -0.25) is 0 Å². The lowest BCUT2D eigenvalue weighted by Crippen LogP contribution is -1.93. The van der Waals surface area contributed by atoms with Crippen LogP contribution < -0.4 is 24.3 Å². The summed E-state index contributed by atoms with van der Waals surface area (Å²) in [7, 11) is 6.57. The van der Waals surface area contributed by atoms with Crippen LogP contribution in [-0.4, -0.2) is 28.4 Å². The lowest BCUT2D eigenvalue weighted by atomic mass is 10.2. The third kappa shape index (κ3) is 6.84. The van der Waals surface area contributed by atoms with Crippen molar-refractivity contribution in [2.45, 2.75) is 0 Å². The number of hydrogen-bond acceptors (Lipinski definition) is 5. The van der Waals surface area contributed by atoms with Crippen molar-refractivity contribution in [3.05, 3.63) is 70.3 Å². The molecule has 0 unspecified atom stereocenters. The largest absolute Gasteiger partial charge is 0.497 e. The number of rotatable bonds is 6. The molecule has 148 valence electrons. The van der Waals surface area contributed by atoms with Crippen molar-refractivity contribution in [3.8, 4) is 23.0 Å². The summed E-state index contributed by atoms with van der Waals surface area (Å²) < 4.78 is 21.6. The van der Waals surface area contributed by atoms with Crippen LogP contribution in [0.15, 0.2) is 66.7 Å². The molecule has 0 atom stereocenters. The highest BCUT2D eigenvalue weighted by Gasteiger charge is 2.02. The maximum Gasteiger partial charge on any atom is 0.124 e. The third-order valence-corrected chi connectivity index (χ3v) is 4.35. The molecule has 0 aromatic heterocycles. The van der Waals surface area contributed by atoms with Crippen LogP contribution in [0.4, 0.5) is 11.4 Å². The van der Waals surface area contributed by atoms with Gasteiger partial charge in [0.2, 0.25) is 0 Å². The van der Waals surface area contributed by atoms with Gasteiger partial charge in [0.25, 0.3) is 0 Å². The van der Waals surface area contributed by atoms with E-state index in [2.05, 4.69) is 27.9 Å².